The smallest absolute Gasteiger partial charge is 0.253 e. The van der Waals surface area contributed by atoms with Gasteiger partial charge >= 0.3 is 0 Å². The van der Waals surface area contributed by atoms with Crippen molar-refractivity contribution in [2.24, 2.45) is 17.8 Å². The summed E-state index contributed by atoms with van der Waals surface area (Å²) < 4.78 is 32.7. The van der Waals surface area contributed by atoms with Crippen LogP contribution in [0, 0.1) is 17.8 Å². The van der Waals surface area contributed by atoms with Gasteiger partial charge in [0.05, 0.1) is 98.3 Å². The second-order valence-electron chi connectivity index (χ2n) is 12.0. The Morgan fingerprint density at radius 2 is 1.04 bits per heavy atom. The molecule has 0 radical (unpaired) electrons. The van der Waals surface area contributed by atoms with Gasteiger partial charge < -0.3 is 38.2 Å². The van der Waals surface area contributed by atoms with Crippen molar-refractivity contribution in [2.75, 3.05) is 107 Å². The number of hydrogen-bond acceptors (Lipinski definition) is 11. The third-order valence-electron chi connectivity index (χ3n) is 7.44. The van der Waals surface area contributed by atoms with Crippen LogP contribution in [-0.4, -0.2) is 157 Å². The van der Waals surface area contributed by atoms with E-state index in [2.05, 4.69) is 0 Å². The van der Waals surface area contributed by atoms with Crippen LogP contribution in [0.15, 0.2) is 12.2 Å². The van der Waals surface area contributed by atoms with Crippen molar-refractivity contribution in [3.63, 3.8) is 0 Å². The topological polar surface area (TPSA) is 150 Å². The summed E-state index contributed by atoms with van der Waals surface area (Å²) in [5, 5.41) is 0. The van der Waals surface area contributed by atoms with Crippen LogP contribution in [0.2, 0.25) is 0 Å². The fourth-order valence-corrected chi connectivity index (χ4v) is 4.81. The van der Waals surface area contributed by atoms with E-state index in [0.717, 1.165) is 4.90 Å². The molecule has 1 heterocycles. The Morgan fingerprint density at radius 1 is 0.638 bits per heavy atom. The summed E-state index contributed by atoms with van der Waals surface area (Å²) in [6.45, 7) is 12.3. The average molecular weight is 672 g/mol. The second kappa shape index (κ2) is 24.4. The molecule has 0 unspecified atom stereocenters. The normalized spacial score (nSPS) is 14.4. The zero-order chi connectivity index (χ0) is 35.2. The molecule has 14 heteroatoms. The number of ether oxygens (including phenoxy) is 6. The average Bonchev–Trinajstić information content (AvgIpc) is 3.34. The molecule has 2 atom stereocenters. The predicted octanol–water partition coefficient (Wildman–Crippen LogP) is 1.20. The molecule has 0 aromatic rings. The molecule has 0 bridgehead atoms. The molecule has 0 aromatic carbocycles. The number of hydrogen-bond donors (Lipinski definition) is 0. The summed E-state index contributed by atoms with van der Waals surface area (Å²) in [4.78, 5) is 65.6. The van der Waals surface area contributed by atoms with Crippen LogP contribution in [-0.2, 0) is 52.4 Å². The van der Waals surface area contributed by atoms with Gasteiger partial charge in [-0.1, -0.05) is 27.7 Å². The minimum atomic E-state index is -0.607. The van der Waals surface area contributed by atoms with Gasteiger partial charge in [0.2, 0.25) is 11.8 Å². The quantitative estimate of drug-likeness (QED) is 0.0872. The molecule has 0 fully saturated rings. The van der Waals surface area contributed by atoms with Crippen molar-refractivity contribution < 1.29 is 52.4 Å². The van der Waals surface area contributed by atoms with Crippen LogP contribution in [0.5, 0.6) is 0 Å². The number of imide groups is 1. The monoisotopic (exact) mass is 671 g/mol. The Kier molecular flexibility index (Phi) is 21.9. The third kappa shape index (κ3) is 17.3. The lowest BCUT2D eigenvalue weighted by atomic mass is 9.85. The maximum absolute atomic E-state index is 13.2. The molecule has 0 aromatic heterocycles. The number of ketones is 1. The minimum Gasteiger partial charge on any atom is -0.379 e. The largest absolute Gasteiger partial charge is 0.379 e. The fourth-order valence-electron chi connectivity index (χ4n) is 4.81. The van der Waals surface area contributed by atoms with Gasteiger partial charge in [-0.2, -0.15) is 0 Å². The molecule has 0 aliphatic carbocycles. The van der Waals surface area contributed by atoms with Crippen LogP contribution in [0.4, 0.5) is 0 Å². The first-order valence-electron chi connectivity index (χ1n) is 16.4. The molecule has 0 spiro atoms. The van der Waals surface area contributed by atoms with Gasteiger partial charge in [-0.25, -0.2) is 0 Å². The molecule has 0 saturated carbocycles. The van der Waals surface area contributed by atoms with E-state index in [0.29, 0.717) is 66.1 Å². The number of carbonyl (C=O) groups is 5. The van der Waals surface area contributed by atoms with E-state index < -0.39 is 12.0 Å². The highest BCUT2D eigenvalue weighted by Gasteiger charge is 2.34. The van der Waals surface area contributed by atoms with E-state index in [1.807, 2.05) is 27.7 Å². The highest BCUT2D eigenvalue weighted by molar-refractivity contribution is 6.12. The number of nitrogens with zero attached hydrogens (tertiary/aromatic N) is 3. The van der Waals surface area contributed by atoms with Gasteiger partial charge in [-0.05, 0) is 11.8 Å². The van der Waals surface area contributed by atoms with Crippen LogP contribution >= 0.6 is 0 Å². The van der Waals surface area contributed by atoms with Crippen molar-refractivity contribution in [3.05, 3.63) is 12.2 Å². The lowest BCUT2D eigenvalue weighted by Gasteiger charge is -2.32. The fraction of sp³-hybridized carbons (Fsp3) is 0.788. The number of carbonyl (C=O) groups excluding carboxylic acids is 5. The van der Waals surface area contributed by atoms with Gasteiger partial charge in [0.1, 0.15) is 0 Å². The number of rotatable bonds is 28. The van der Waals surface area contributed by atoms with Crippen molar-refractivity contribution in [1.82, 2.24) is 14.7 Å². The Bertz CT molecular complexity index is 969. The Labute approximate surface area is 279 Å². The van der Waals surface area contributed by atoms with Gasteiger partial charge in [0.25, 0.3) is 11.8 Å². The Balaban J connectivity index is 2.01. The Morgan fingerprint density at radius 3 is 1.43 bits per heavy atom. The maximum Gasteiger partial charge on any atom is 0.253 e. The molecule has 1 aliphatic rings. The predicted molar refractivity (Wildman–Crippen MR) is 173 cm³/mol. The molecule has 1 aliphatic heterocycles. The maximum atomic E-state index is 13.2. The lowest BCUT2D eigenvalue weighted by Crippen LogP contribution is -2.47. The van der Waals surface area contributed by atoms with Gasteiger partial charge in [-0.3, -0.25) is 28.9 Å². The van der Waals surface area contributed by atoms with Crippen molar-refractivity contribution in [2.45, 2.75) is 46.6 Å². The van der Waals surface area contributed by atoms with Crippen molar-refractivity contribution in [3.8, 4) is 0 Å². The van der Waals surface area contributed by atoms with E-state index in [4.69, 9.17) is 28.4 Å². The van der Waals surface area contributed by atoms with E-state index in [9.17, 15) is 24.0 Å². The zero-order valence-electron chi connectivity index (χ0n) is 29.4. The highest BCUT2D eigenvalue weighted by atomic mass is 16.6. The van der Waals surface area contributed by atoms with Crippen molar-refractivity contribution in [1.29, 1.82) is 0 Å². The molecule has 0 saturated heterocycles. The van der Waals surface area contributed by atoms with E-state index in [1.165, 1.54) is 22.0 Å². The summed E-state index contributed by atoms with van der Waals surface area (Å²) in [7, 11) is 5.01. The van der Waals surface area contributed by atoms with Gasteiger partial charge in [0, 0.05) is 45.6 Å². The SMILES string of the molecule is CC(C)[C@H](CC(=O)[C@H](C(C)C)N(C)C(=O)CCOCCOCCOCCOCCOCCOCCN1C(=O)C=CC1=O)C(=O)N(C)C. The molecule has 0 N–H and O–H groups in total. The summed E-state index contributed by atoms with van der Waals surface area (Å²) in [5.74, 6) is -1.52. The minimum absolute atomic E-state index is 0.00873. The van der Waals surface area contributed by atoms with Crippen LogP contribution in [0.1, 0.15) is 40.5 Å². The van der Waals surface area contributed by atoms with Gasteiger partial charge in [-0.15, -0.1) is 0 Å². The molecule has 4 amide bonds. The second-order valence-corrected chi connectivity index (χ2v) is 12.0. The number of Topliss-reactive ketones (excluding diaryl/α,β-unsaturated/α-hetero) is 1. The van der Waals surface area contributed by atoms with E-state index >= 15 is 0 Å². The molecule has 47 heavy (non-hydrogen) atoms. The van der Waals surface area contributed by atoms with E-state index in [1.54, 1.807) is 21.1 Å². The van der Waals surface area contributed by atoms with E-state index in [-0.39, 0.29) is 73.8 Å². The number of likely N-dealkylation sites (N-methyl/N-ethyl adjacent to an activating group) is 1. The first-order valence-corrected chi connectivity index (χ1v) is 16.4. The summed E-state index contributed by atoms with van der Waals surface area (Å²) in [5.41, 5.74) is 0. The highest BCUT2D eigenvalue weighted by Crippen LogP contribution is 2.22. The first kappa shape index (κ1) is 42.3. The lowest BCUT2D eigenvalue weighted by molar-refractivity contribution is -0.143. The molecule has 14 nitrogen and oxygen atoms in total. The molecule has 270 valence electrons. The number of amides is 4. The molecule has 1 rings (SSSR count). The first-order chi connectivity index (χ1) is 22.4. The summed E-state index contributed by atoms with van der Waals surface area (Å²) in [6.07, 6.45) is 2.73. The van der Waals surface area contributed by atoms with Crippen LogP contribution in [0.3, 0.4) is 0 Å². The van der Waals surface area contributed by atoms with Crippen LogP contribution < -0.4 is 0 Å². The van der Waals surface area contributed by atoms with Crippen LogP contribution in [0.25, 0.3) is 0 Å². The third-order valence-corrected chi connectivity index (χ3v) is 7.44. The molecular weight excluding hydrogens is 614 g/mol. The summed E-state index contributed by atoms with van der Waals surface area (Å²) in [6, 6.07) is -0.607. The summed E-state index contributed by atoms with van der Waals surface area (Å²) >= 11 is 0. The van der Waals surface area contributed by atoms with Crippen molar-refractivity contribution >= 4 is 29.4 Å². The van der Waals surface area contributed by atoms with Gasteiger partial charge in [0.15, 0.2) is 5.78 Å². The standard InChI is InChI=1S/C33H57N3O11/c1-25(2)27(33(41)34(5)6)24-28(37)32(26(3)4)35(7)29(38)10-12-42-14-16-44-18-20-46-22-23-47-21-19-45-17-15-43-13-11-36-30(39)8-9-31(36)40/h8-9,25-27,32H,10-24H2,1-7H3/t27-,32-/m0/s1. The Hall–Kier alpha value is -2.75. The zero-order valence-corrected chi connectivity index (χ0v) is 29.4. The molecular formula is C33H57N3O11.